The molecule has 0 saturated carbocycles. The van der Waals surface area contributed by atoms with Gasteiger partial charge in [-0.15, -0.1) is 0 Å². The SMILES string of the molecule is O=C(c1cc2cc(F)ccc2[nH]1)N1CCCC1c1nc2ccccc2[nH]1. The molecule has 3 heterocycles. The van der Waals surface area contributed by atoms with Crippen LogP contribution in [0.4, 0.5) is 4.39 Å². The summed E-state index contributed by atoms with van der Waals surface area (Å²) in [5, 5.41) is 0.702. The van der Waals surface area contributed by atoms with Crippen LogP contribution in [0.5, 0.6) is 0 Å². The van der Waals surface area contributed by atoms with Gasteiger partial charge in [0.05, 0.1) is 17.1 Å². The molecule has 1 saturated heterocycles. The predicted octanol–water partition coefficient (Wildman–Crippen LogP) is 4.16. The Morgan fingerprint density at radius 3 is 2.88 bits per heavy atom. The smallest absolute Gasteiger partial charge is 0.270 e. The molecule has 0 spiro atoms. The first kappa shape index (κ1) is 15.1. The van der Waals surface area contributed by atoms with Crippen molar-refractivity contribution in [3.63, 3.8) is 0 Å². The lowest BCUT2D eigenvalue weighted by atomic mass is 10.2. The van der Waals surface area contributed by atoms with Crippen molar-refractivity contribution < 1.29 is 9.18 Å². The Labute approximate surface area is 148 Å². The summed E-state index contributed by atoms with van der Waals surface area (Å²) in [6.45, 7) is 0.685. The molecule has 0 aliphatic carbocycles. The highest BCUT2D eigenvalue weighted by molar-refractivity contribution is 5.98. The molecule has 26 heavy (non-hydrogen) atoms. The predicted molar refractivity (Wildman–Crippen MR) is 97.4 cm³/mol. The van der Waals surface area contributed by atoms with Crippen molar-refractivity contribution >= 4 is 27.8 Å². The van der Waals surface area contributed by atoms with Gasteiger partial charge in [-0.25, -0.2) is 9.37 Å². The van der Waals surface area contributed by atoms with Crippen molar-refractivity contribution in [2.75, 3.05) is 6.54 Å². The zero-order valence-electron chi connectivity index (χ0n) is 14.0. The molecule has 1 fully saturated rings. The molecule has 4 aromatic rings. The number of halogens is 1. The van der Waals surface area contributed by atoms with E-state index in [1.54, 1.807) is 12.1 Å². The maximum atomic E-state index is 13.4. The van der Waals surface area contributed by atoms with E-state index in [9.17, 15) is 9.18 Å². The summed E-state index contributed by atoms with van der Waals surface area (Å²) in [7, 11) is 0. The molecule has 1 unspecified atom stereocenters. The summed E-state index contributed by atoms with van der Waals surface area (Å²) in [5.41, 5.74) is 3.12. The second kappa shape index (κ2) is 5.69. The van der Waals surface area contributed by atoms with Gasteiger partial charge < -0.3 is 14.9 Å². The fourth-order valence-corrected chi connectivity index (χ4v) is 3.80. The van der Waals surface area contributed by atoms with Gasteiger partial charge in [-0.2, -0.15) is 0 Å². The highest BCUT2D eigenvalue weighted by atomic mass is 19.1. The number of fused-ring (bicyclic) bond motifs is 2. The maximum absolute atomic E-state index is 13.4. The molecular formula is C20H17FN4O. The Morgan fingerprint density at radius 2 is 2.00 bits per heavy atom. The number of aromatic amines is 2. The number of carbonyl (C=O) groups is 1. The molecule has 2 aromatic carbocycles. The van der Waals surface area contributed by atoms with Crippen molar-refractivity contribution in [2.45, 2.75) is 18.9 Å². The quantitative estimate of drug-likeness (QED) is 0.571. The van der Waals surface area contributed by atoms with Crippen LogP contribution in [0.1, 0.15) is 35.2 Å². The fourth-order valence-electron chi connectivity index (χ4n) is 3.80. The van der Waals surface area contributed by atoms with Gasteiger partial charge >= 0.3 is 0 Å². The number of hydrogen-bond donors (Lipinski definition) is 2. The van der Waals surface area contributed by atoms with Gasteiger partial charge in [0, 0.05) is 17.4 Å². The van der Waals surface area contributed by atoms with Crippen LogP contribution < -0.4 is 0 Å². The van der Waals surface area contributed by atoms with Crippen LogP contribution in [-0.4, -0.2) is 32.3 Å². The van der Waals surface area contributed by atoms with Crippen LogP contribution in [0, 0.1) is 5.82 Å². The summed E-state index contributed by atoms with van der Waals surface area (Å²) < 4.78 is 13.4. The molecule has 1 aliphatic rings. The van der Waals surface area contributed by atoms with Gasteiger partial charge in [-0.3, -0.25) is 4.79 Å². The topological polar surface area (TPSA) is 64.8 Å². The van der Waals surface area contributed by atoms with E-state index in [-0.39, 0.29) is 17.8 Å². The third-order valence-corrected chi connectivity index (χ3v) is 5.05. The molecule has 5 rings (SSSR count). The fraction of sp³-hybridized carbons (Fsp3) is 0.200. The van der Waals surface area contributed by atoms with Gasteiger partial charge in [0.15, 0.2) is 0 Å². The summed E-state index contributed by atoms with van der Waals surface area (Å²) in [6, 6.07) is 14.0. The number of likely N-dealkylation sites (tertiary alicyclic amines) is 1. The summed E-state index contributed by atoms with van der Waals surface area (Å²) in [5.74, 6) is 0.431. The van der Waals surface area contributed by atoms with Crippen LogP contribution in [0.3, 0.4) is 0 Å². The molecule has 0 bridgehead atoms. The standard InChI is InChI=1S/C20H17FN4O/c21-13-7-8-14-12(10-13)11-17(22-14)20(26)25-9-3-6-18(25)19-23-15-4-1-2-5-16(15)24-19/h1-2,4-5,7-8,10-11,18,22H,3,6,9H2,(H,23,24). The number of nitrogens with zero attached hydrogens (tertiary/aromatic N) is 2. The molecule has 2 N–H and O–H groups in total. The van der Waals surface area contributed by atoms with Gasteiger partial charge in [0.25, 0.3) is 5.91 Å². The van der Waals surface area contributed by atoms with E-state index < -0.39 is 0 Å². The Bertz CT molecular complexity index is 1100. The number of H-pyrrole nitrogens is 2. The molecular weight excluding hydrogens is 331 g/mol. The number of imidazole rings is 1. The van der Waals surface area contributed by atoms with E-state index in [4.69, 9.17) is 0 Å². The first-order valence-electron chi connectivity index (χ1n) is 8.73. The average Bonchev–Trinajstić information content (AvgIpc) is 3.36. The van der Waals surface area contributed by atoms with Crippen molar-refractivity contribution in [3.05, 3.63) is 65.9 Å². The van der Waals surface area contributed by atoms with Gasteiger partial charge in [-0.05, 0) is 49.2 Å². The highest BCUT2D eigenvalue weighted by Gasteiger charge is 2.33. The lowest BCUT2D eigenvalue weighted by molar-refractivity contribution is 0.0725. The van der Waals surface area contributed by atoms with Crippen LogP contribution in [0.2, 0.25) is 0 Å². The lowest BCUT2D eigenvalue weighted by Gasteiger charge is -2.22. The Kier molecular flexibility index (Phi) is 3.31. The first-order chi connectivity index (χ1) is 12.7. The van der Waals surface area contributed by atoms with E-state index in [0.29, 0.717) is 17.6 Å². The normalized spacial score (nSPS) is 17.4. The highest BCUT2D eigenvalue weighted by Crippen LogP contribution is 2.33. The molecule has 5 nitrogen and oxygen atoms in total. The molecule has 1 aliphatic heterocycles. The minimum Gasteiger partial charge on any atom is -0.351 e. The van der Waals surface area contributed by atoms with E-state index in [0.717, 1.165) is 35.2 Å². The number of aromatic nitrogens is 3. The van der Waals surface area contributed by atoms with Crippen LogP contribution >= 0.6 is 0 Å². The number of benzene rings is 2. The average molecular weight is 348 g/mol. The second-order valence-corrected chi connectivity index (χ2v) is 6.71. The zero-order valence-corrected chi connectivity index (χ0v) is 14.0. The number of carbonyl (C=O) groups excluding carboxylic acids is 1. The largest absolute Gasteiger partial charge is 0.351 e. The minimum atomic E-state index is -0.308. The Morgan fingerprint density at radius 1 is 1.12 bits per heavy atom. The molecule has 2 aromatic heterocycles. The van der Waals surface area contributed by atoms with Crippen LogP contribution in [0.15, 0.2) is 48.5 Å². The number of amides is 1. The van der Waals surface area contributed by atoms with Crippen molar-refractivity contribution in [2.24, 2.45) is 0 Å². The molecule has 130 valence electrons. The van der Waals surface area contributed by atoms with Gasteiger partial charge in [-0.1, -0.05) is 12.1 Å². The van der Waals surface area contributed by atoms with Crippen molar-refractivity contribution in [3.8, 4) is 0 Å². The third-order valence-electron chi connectivity index (χ3n) is 5.05. The van der Waals surface area contributed by atoms with Crippen LogP contribution in [0.25, 0.3) is 21.9 Å². The van der Waals surface area contributed by atoms with Crippen molar-refractivity contribution in [1.29, 1.82) is 0 Å². The maximum Gasteiger partial charge on any atom is 0.270 e. The number of hydrogen-bond acceptors (Lipinski definition) is 2. The molecule has 0 radical (unpaired) electrons. The second-order valence-electron chi connectivity index (χ2n) is 6.71. The Hall–Kier alpha value is -3.15. The number of para-hydroxylation sites is 2. The number of nitrogens with one attached hydrogen (secondary N) is 2. The molecule has 1 atom stereocenters. The van der Waals surface area contributed by atoms with Crippen molar-refractivity contribution in [1.82, 2.24) is 19.9 Å². The summed E-state index contributed by atoms with van der Waals surface area (Å²) >= 11 is 0. The zero-order chi connectivity index (χ0) is 17.7. The van der Waals surface area contributed by atoms with Gasteiger partial charge in [0.1, 0.15) is 17.3 Å². The minimum absolute atomic E-state index is 0.0713. The molecule has 6 heteroatoms. The van der Waals surface area contributed by atoms with Crippen LogP contribution in [-0.2, 0) is 0 Å². The van der Waals surface area contributed by atoms with E-state index in [2.05, 4.69) is 15.0 Å². The summed E-state index contributed by atoms with van der Waals surface area (Å²) in [4.78, 5) is 26.0. The lowest BCUT2D eigenvalue weighted by Crippen LogP contribution is -2.31. The van der Waals surface area contributed by atoms with E-state index in [1.807, 2.05) is 29.2 Å². The van der Waals surface area contributed by atoms with E-state index in [1.165, 1.54) is 12.1 Å². The van der Waals surface area contributed by atoms with Gasteiger partial charge in [0.2, 0.25) is 0 Å². The summed E-state index contributed by atoms with van der Waals surface area (Å²) in [6.07, 6.45) is 1.81. The third kappa shape index (κ3) is 2.37. The molecule has 1 amide bonds. The first-order valence-corrected chi connectivity index (χ1v) is 8.73. The van der Waals surface area contributed by atoms with E-state index >= 15 is 0 Å². The number of rotatable bonds is 2. The Balaban J connectivity index is 1.49. The monoisotopic (exact) mass is 348 g/mol.